The molecule has 0 heterocycles. The van der Waals surface area contributed by atoms with E-state index in [4.69, 9.17) is 39.1 Å². The van der Waals surface area contributed by atoms with Gasteiger partial charge < -0.3 is 21.2 Å². The Kier molecular flexibility index (Phi) is 6.20. The molecule has 0 saturated heterocycles. The fourth-order valence-corrected chi connectivity index (χ4v) is 1.90. The Balaban J connectivity index is 2.77. The third kappa shape index (κ3) is 4.47. The number of halogens is 2. The van der Waals surface area contributed by atoms with E-state index in [0.717, 1.165) is 6.21 Å². The summed E-state index contributed by atoms with van der Waals surface area (Å²) in [5.74, 6) is -1.39. The summed E-state index contributed by atoms with van der Waals surface area (Å²) in [4.78, 5) is 23.6. The summed E-state index contributed by atoms with van der Waals surface area (Å²) < 4.78 is 4.81. The normalized spacial score (nSPS) is 11.4. The van der Waals surface area contributed by atoms with Gasteiger partial charge in [-0.15, -0.1) is 0 Å². The maximum absolute atomic E-state index is 11.9. The minimum atomic E-state index is -0.879. The van der Waals surface area contributed by atoms with Crippen LogP contribution in [-0.4, -0.2) is 31.6 Å². The topological polar surface area (TPSA) is 105 Å². The molecule has 21 heavy (non-hydrogen) atoms. The van der Waals surface area contributed by atoms with E-state index in [-0.39, 0.29) is 22.0 Å². The molecule has 1 aromatic carbocycles. The second-order valence-electron chi connectivity index (χ2n) is 3.85. The Bertz CT molecular complexity index is 615. The van der Waals surface area contributed by atoms with Crippen molar-refractivity contribution in [3.8, 4) is 0 Å². The van der Waals surface area contributed by atoms with Crippen LogP contribution < -0.4 is 11.1 Å². The highest BCUT2D eigenvalue weighted by Gasteiger charge is 2.17. The maximum Gasteiger partial charge on any atom is 0.343 e. The second-order valence-corrected chi connectivity index (χ2v) is 4.69. The van der Waals surface area contributed by atoms with Crippen LogP contribution in [0.15, 0.2) is 29.6 Å². The van der Waals surface area contributed by atoms with Crippen LogP contribution in [0.2, 0.25) is 10.0 Å². The Hall–Kier alpha value is -2.05. The molecule has 1 rings (SSSR count). The van der Waals surface area contributed by atoms with Crippen molar-refractivity contribution in [2.24, 2.45) is 5.73 Å². The number of ketones is 1. The Labute approximate surface area is 131 Å². The predicted molar refractivity (Wildman–Crippen MR) is 80.8 cm³/mol. The lowest BCUT2D eigenvalue weighted by Gasteiger charge is -2.08. The molecule has 1 aromatic rings. The minimum absolute atomic E-state index is 0.0213. The zero-order valence-electron chi connectivity index (χ0n) is 11.1. The van der Waals surface area contributed by atoms with Gasteiger partial charge >= 0.3 is 5.97 Å². The van der Waals surface area contributed by atoms with Crippen molar-refractivity contribution in [3.63, 3.8) is 0 Å². The third-order valence-corrected chi connectivity index (χ3v) is 3.04. The van der Waals surface area contributed by atoms with Crippen LogP contribution in [0.4, 0.5) is 0 Å². The van der Waals surface area contributed by atoms with Gasteiger partial charge in [-0.3, -0.25) is 4.79 Å². The molecule has 8 heteroatoms. The van der Waals surface area contributed by atoms with Crippen LogP contribution in [0, 0.1) is 5.41 Å². The minimum Gasteiger partial charge on any atom is -0.454 e. The number of ether oxygens (including phenoxy) is 1. The Morgan fingerprint density at radius 3 is 2.62 bits per heavy atom. The monoisotopic (exact) mass is 329 g/mol. The molecule has 0 aromatic heterocycles. The average molecular weight is 330 g/mol. The number of rotatable bonds is 6. The number of esters is 1. The zero-order valence-corrected chi connectivity index (χ0v) is 12.6. The van der Waals surface area contributed by atoms with E-state index in [1.54, 1.807) is 0 Å². The number of nitrogens with two attached hydrogens (primary N) is 1. The Morgan fingerprint density at radius 1 is 1.43 bits per heavy atom. The molecule has 0 amide bonds. The standard InChI is InChI=1S/C13H13Cl2N3O3/c1-18-12(17)9(5-16)13(20)21-6-11(19)8-3-2-7(14)4-10(8)15/h2-5,16,18H,6,17H2,1H3/b12-9+,16-5?. The maximum atomic E-state index is 11.9. The molecule has 0 atom stereocenters. The van der Waals surface area contributed by atoms with Gasteiger partial charge in [-0.2, -0.15) is 0 Å². The van der Waals surface area contributed by atoms with E-state index >= 15 is 0 Å². The molecule has 4 N–H and O–H groups in total. The predicted octanol–water partition coefficient (Wildman–Crippen LogP) is 1.76. The highest BCUT2D eigenvalue weighted by atomic mass is 35.5. The fourth-order valence-electron chi connectivity index (χ4n) is 1.38. The number of benzene rings is 1. The zero-order chi connectivity index (χ0) is 16.0. The first-order chi connectivity index (χ1) is 9.90. The number of carbonyl (C=O) groups is 2. The first-order valence-corrected chi connectivity index (χ1v) is 6.49. The lowest BCUT2D eigenvalue weighted by Crippen LogP contribution is -2.24. The van der Waals surface area contributed by atoms with Gasteiger partial charge in [0.1, 0.15) is 11.4 Å². The summed E-state index contributed by atoms with van der Waals surface area (Å²) in [6.45, 7) is -0.519. The average Bonchev–Trinajstić information content (AvgIpc) is 2.45. The number of carbonyl (C=O) groups excluding carboxylic acids is 2. The smallest absolute Gasteiger partial charge is 0.343 e. The van der Waals surface area contributed by atoms with Crippen LogP contribution in [0.25, 0.3) is 0 Å². The van der Waals surface area contributed by atoms with E-state index in [2.05, 4.69) is 5.32 Å². The molecule has 6 nitrogen and oxygen atoms in total. The molecule has 0 saturated carbocycles. The molecule has 0 bridgehead atoms. The van der Waals surface area contributed by atoms with Crippen LogP contribution in [0.1, 0.15) is 10.4 Å². The molecule has 112 valence electrons. The van der Waals surface area contributed by atoms with Gasteiger partial charge in [-0.25, -0.2) is 4.79 Å². The van der Waals surface area contributed by atoms with Crippen molar-refractivity contribution < 1.29 is 14.3 Å². The van der Waals surface area contributed by atoms with Gasteiger partial charge in [0.15, 0.2) is 6.61 Å². The quantitative estimate of drug-likeness (QED) is 0.319. The molecule has 0 aliphatic rings. The van der Waals surface area contributed by atoms with E-state index in [1.807, 2.05) is 0 Å². The molecular weight excluding hydrogens is 317 g/mol. The number of Topliss-reactive ketones (excluding diaryl/α,β-unsaturated/α-hetero) is 1. The highest BCUT2D eigenvalue weighted by molar-refractivity contribution is 6.36. The molecule has 0 aliphatic heterocycles. The van der Waals surface area contributed by atoms with Crippen molar-refractivity contribution in [2.45, 2.75) is 0 Å². The summed E-state index contributed by atoms with van der Waals surface area (Å²) in [5, 5.41) is 10.2. The molecule has 0 spiro atoms. The van der Waals surface area contributed by atoms with E-state index in [9.17, 15) is 9.59 Å². The second kappa shape index (κ2) is 7.66. The summed E-state index contributed by atoms with van der Waals surface area (Å²) in [7, 11) is 1.49. The number of nitrogens with one attached hydrogen (secondary N) is 2. The van der Waals surface area contributed by atoms with Crippen LogP contribution in [0.3, 0.4) is 0 Å². The van der Waals surface area contributed by atoms with Crippen LogP contribution in [0.5, 0.6) is 0 Å². The fraction of sp³-hybridized carbons (Fsp3) is 0.154. The first-order valence-electron chi connectivity index (χ1n) is 5.74. The molecule has 0 radical (unpaired) electrons. The van der Waals surface area contributed by atoms with Crippen molar-refractivity contribution in [2.75, 3.05) is 13.7 Å². The van der Waals surface area contributed by atoms with Crippen molar-refractivity contribution >= 4 is 41.2 Å². The largest absolute Gasteiger partial charge is 0.454 e. The first kappa shape index (κ1) is 17.0. The van der Waals surface area contributed by atoms with E-state index in [1.165, 1.54) is 25.2 Å². The number of hydrogen-bond donors (Lipinski definition) is 3. The number of hydrogen-bond acceptors (Lipinski definition) is 6. The van der Waals surface area contributed by atoms with Crippen LogP contribution in [-0.2, 0) is 9.53 Å². The Morgan fingerprint density at radius 2 is 2.10 bits per heavy atom. The van der Waals surface area contributed by atoms with Crippen molar-refractivity contribution in [1.82, 2.24) is 5.32 Å². The molecular formula is C13H13Cl2N3O3. The lowest BCUT2D eigenvalue weighted by molar-refractivity contribution is -0.137. The summed E-state index contributed by atoms with van der Waals surface area (Å²) in [6.07, 6.45) is 0.744. The summed E-state index contributed by atoms with van der Waals surface area (Å²) >= 11 is 11.6. The summed E-state index contributed by atoms with van der Waals surface area (Å²) in [6, 6.07) is 4.36. The van der Waals surface area contributed by atoms with Crippen molar-refractivity contribution in [3.05, 3.63) is 45.2 Å². The third-order valence-electron chi connectivity index (χ3n) is 2.49. The highest BCUT2D eigenvalue weighted by Crippen LogP contribution is 2.21. The molecule has 0 fully saturated rings. The van der Waals surface area contributed by atoms with E-state index in [0.29, 0.717) is 5.02 Å². The van der Waals surface area contributed by atoms with Crippen LogP contribution >= 0.6 is 23.2 Å². The van der Waals surface area contributed by atoms with Gasteiger partial charge in [-0.1, -0.05) is 23.2 Å². The van der Waals surface area contributed by atoms with Crippen molar-refractivity contribution in [1.29, 1.82) is 5.41 Å². The van der Waals surface area contributed by atoms with E-state index < -0.39 is 18.4 Å². The van der Waals surface area contributed by atoms with Gasteiger partial charge in [-0.05, 0) is 18.2 Å². The SMILES string of the molecule is CN/C(N)=C(\C=N)C(=O)OCC(=O)c1ccc(Cl)cc1Cl. The van der Waals surface area contributed by atoms with Gasteiger partial charge in [0.2, 0.25) is 5.78 Å². The summed E-state index contributed by atoms with van der Waals surface area (Å²) in [5.41, 5.74) is 5.50. The van der Waals surface area contributed by atoms with Gasteiger partial charge in [0.05, 0.1) is 5.02 Å². The van der Waals surface area contributed by atoms with Gasteiger partial charge in [0, 0.05) is 23.8 Å². The lowest BCUT2D eigenvalue weighted by atomic mass is 10.1. The van der Waals surface area contributed by atoms with Gasteiger partial charge in [0.25, 0.3) is 0 Å². The molecule has 0 unspecified atom stereocenters. The molecule has 0 aliphatic carbocycles.